The Labute approximate surface area is 278 Å². The van der Waals surface area contributed by atoms with Crippen molar-refractivity contribution >= 4 is 29.2 Å². The number of urea groups is 1. The third kappa shape index (κ3) is 8.72. The first-order valence-corrected chi connectivity index (χ1v) is 16.3. The maximum atomic E-state index is 12.9. The molecule has 0 spiro atoms. The lowest BCUT2D eigenvalue weighted by atomic mass is 10.0. The Morgan fingerprint density at radius 2 is 1.51 bits per heavy atom. The highest BCUT2D eigenvalue weighted by atomic mass is 32.2. The number of benzene rings is 5. The number of hydrogen-bond acceptors (Lipinski definition) is 7. The van der Waals surface area contributed by atoms with Crippen molar-refractivity contribution in [2.45, 2.75) is 36.4 Å². The molecule has 2 amide bonds. The van der Waals surface area contributed by atoms with Gasteiger partial charge in [-0.2, -0.15) is 0 Å². The van der Waals surface area contributed by atoms with E-state index < -0.39 is 6.29 Å². The molecule has 47 heavy (non-hydrogen) atoms. The van der Waals surface area contributed by atoms with Crippen LogP contribution in [0.3, 0.4) is 0 Å². The Morgan fingerprint density at radius 1 is 0.787 bits per heavy atom. The third-order valence-corrected chi connectivity index (χ3v) is 8.80. The summed E-state index contributed by atoms with van der Waals surface area (Å²) in [7, 11) is 1.67. The summed E-state index contributed by atoms with van der Waals surface area (Å²) in [5, 5.41) is 15.3. The maximum absolute atomic E-state index is 12.9. The molecular weight excluding hydrogens is 612 g/mol. The second-order valence-electron chi connectivity index (χ2n) is 11.0. The topological polar surface area (TPSA) is 98.3 Å². The van der Waals surface area contributed by atoms with Crippen molar-refractivity contribution in [1.82, 2.24) is 0 Å². The molecule has 1 saturated heterocycles. The first kappa shape index (κ1) is 32.2. The molecule has 0 aromatic heterocycles. The fourth-order valence-corrected chi connectivity index (χ4v) is 6.28. The minimum atomic E-state index is -0.656. The van der Waals surface area contributed by atoms with E-state index in [4.69, 9.17) is 18.9 Å². The monoisotopic (exact) mass is 648 g/mol. The third-order valence-electron chi connectivity index (χ3n) is 7.62. The van der Waals surface area contributed by atoms with E-state index in [0.717, 1.165) is 33.1 Å². The first-order valence-electron chi connectivity index (χ1n) is 15.3. The lowest BCUT2D eigenvalue weighted by Crippen LogP contribution is -2.31. The normalized spacial score (nSPS) is 17.4. The molecule has 1 aliphatic heterocycles. The molecule has 1 fully saturated rings. The van der Waals surface area contributed by atoms with E-state index in [-0.39, 0.29) is 24.8 Å². The number of thioether (sulfide) groups is 1. The van der Waals surface area contributed by atoms with Crippen LogP contribution in [0.1, 0.15) is 35.5 Å². The highest BCUT2D eigenvalue weighted by Gasteiger charge is 2.32. The van der Waals surface area contributed by atoms with Crippen molar-refractivity contribution in [2.24, 2.45) is 0 Å². The number of aliphatic hydroxyl groups excluding tert-OH is 1. The number of carbonyl (C=O) groups is 1. The van der Waals surface area contributed by atoms with E-state index in [1.54, 1.807) is 43.1 Å². The minimum absolute atomic E-state index is 0.0168. The zero-order chi connectivity index (χ0) is 32.4. The zero-order valence-electron chi connectivity index (χ0n) is 25.9. The summed E-state index contributed by atoms with van der Waals surface area (Å²) in [5.41, 5.74) is 3.87. The number of methoxy groups -OCH3 is 1. The van der Waals surface area contributed by atoms with E-state index in [2.05, 4.69) is 10.6 Å². The molecular formula is C38H36N2O6S. The van der Waals surface area contributed by atoms with Crippen LogP contribution in [-0.4, -0.2) is 30.1 Å². The van der Waals surface area contributed by atoms with Gasteiger partial charge in [0.2, 0.25) is 0 Å². The number of amides is 2. The number of anilines is 2. The molecule has 1 aliphatic rings. The van der Waals surface area contributed by atoms with Crippen LogP contribution in [0.2, 0.25) is 0 Å². The van der Waals surface area contributed by atoms with E-state index in [9.17, 15) is 9.90 Å². The Morgan fingerprint density at radius 3 is 2.28 bits per heavy atom. The predicted octanol–water partition coefficient (Wildman–Crippen LogP) is 8.96. The summed E-state index contributed by atoms with van der Waals surface area (Å²) < 4.78 is 24.4. The van der Waals surface area contributed by atoms with E-state index in [1.165, 1.54) is 0 Å². The van der Waals surface area contributed by atoms with Gasteiger partial charge in [0.05, 0.1) is 25.9 Å². The number of ether oxygens (including phenoxy) is 4. The van der Waals surface area contributed by atoms with Crippen LogP contribution in [0.4, 0.5) is 16.2 Å². The van der Waals surface area contributed by atoms with Gasteiger partial charge in [0, 0.05) is 34.0 Å². The Balaban J connectivity index is 1.13. The van der Waals surface area contributed by atoms with E-state index in [0.29, 0.717) is 29.3 Å². The van der Waals surface area contributed by atoms with Crippen LogP contribution < -0.4 is 20.1 Å². The minimum Gasteiger partial charge on any atom is -0.496 e. The number of carbonyl (C=O) groups excluding carboxylic acids is 1. The second-order valence-corrected chi connectivity index (χ2v) is 12.0. The summed E-state index contributed by atoms with van der Waals surface area (Å²) >= 11 is 1.68. The van der Waals surface area contributed by atoms with Crippen molar-refractivity contribution in [1.29, 1.82) is 0 Å². The summed E-state index contributed by atoms with van der Waals surface area (Å²) in [6.07, 6.45) is -0.345. The summed E-state index contributed by atoms with van der Waals surface area (Å²) in [6, 6.07) is 39.5. The van der Waals surface area contributed by atoms with Gasteiger partial charge in [-0.05, 0) is 71.8 Å². The SMILES string of the molecule is COc1ccccc1SC[C@@H]1C[C@H](c2ccc(CO)cc2)O[C@H](c2cccc(NC(=O)Nc3ccc(Oc4ccccc4)cc3)c2)O1. The van der Waals surface area contributed by atoms with E-state index in [1.807, 2.05) is 103 Å². The van der Waals surface area contributed by atoms with Gasteiger partial charge >= 0.3 is 6.03 Å². The predicted molar refractivity (Wildman–Crippen MR) is 184 cm³/mol. The molecule has 5 aromatic rings. The molecule has 9 heteroatoms. The molecule has 0 radical (unpaired) electrons. The van der Waals surface area contributed by atoms with Crippen LogP contribution in [0.5, 0.6) is 17.2 Å². The average molecular weight is 649 g/mol. The number of hydrogen-bond donors (Lipinski definition) is 3. The molecule has 240 valence electrons. The maximum Gasteiger partial charge on any atom is 0.323 e. The van der Waals surface area contributed by atoms with Crippen molar-refractivity contribution in [2.75, 3.05) is 23.5 Å². The lowest BCUT2D eigenvalue weighted by Gasteiger charge is -2.36. The van der Waals surface area contributed by atoms with Crippen molar-refractivity contribution in [3.63, 3.8) is 0 Å². The van der Waals surface area contributed by atoms with E-state index >= 15 is 0 Å². The summed E-state index contributed by atoms with van der Waals surface area (Å²) in [6.45, 7) is -0.0168. The standard InChI is InChI=1S/C38H36N2O6S/c1-43-34-12-5-6-13-36(34)47-25-33-23-35(27-16-14-26(24-41)15-17-27)46-37(45-33)28-8-7-9-30(22-28)40-38(42)39-29-18-20-32(21-19-29)44-31-10-3-2-4-11-31/h2-22,33,35,37,41H,23-25H2,1H3,(H2,39,40,42)/t33-,35+,37+/m0/s1. The zero-order valence-corrected chi connectivity index (χ0v) is 26.7. The highest BCUT2D eigenvalue weighted by Crippen LogP contribution is 2.41. The fourth-order valence-electron chi connectivity index (χ4n) is 5.23. The molecule has 0 aliphatic carbocycles. The van der Waals surface area contributed by atoms with Gasteiger partial charge in [-0.25, -0.2) is 4.79 Å². The molecule has 8 nitrogen and oxygen atoms in total. The summed E-state index contributed by atoms with van der Waals surface area (Å²) in [4.78, 5) is 14.0. The fraction of sp³-hybridized carbons (Fsp3) is 0.184. The molecule has 6 rings (SSSR count). The summed E-state index contributed by atoms with van der Waals surface area (Å²) in [5.74, 6) is 2.93. The Kier molecular flexibility index (Phi) is 10.7. The van der Waals surface area contributed by atoms with Gasteiger partial charge in [-0.15, -0.1) is 11.8 Å². The lowest BCUT2D eigenvalue weighted by molar-refractivity contribution is -0.245. The van der Waals surface area contributed by atoms with Gasteiger partial charge in [0.25, 0.3) is 0 Å². The van der Waals surface area contributed by atoms with Crippen LogP contribution in [-0.2, 0) is 16.1 Å². The quantitative estimate of drug-likeness (QED) is 0.123. The number of nitrogens with one attached hydrogen (secondary N) is 2. The molecule has 3 atom stereocenters. The van der Waals surface area contributed by atoms with Crippen LogP contribution >= 0.6 is 11.8 Å². The molecule has 0 bridgehead atoms. The van der Waals surface area contributed by atoms with Crippen molar-refractivity contribution in [3.8, 4) is 17.2 Å². The molecule has 0 saturated carbocycles. The highest BCUT2D eigenvalue weighted by molar-refractivity contribution is 7.99. The van der Waals surface area contributed by atoms with Gasteiger partial charge < -0.3 is 34.7 Å². The Bertz CT molecular complexity index is 1750. The van der Waals surface area contributed by atoms with Crippen LogP contribution in [0.15, 0.2) is 132 Å². The van der Waals surface area contributed by atoms with Crippen LogP contribution in [0.25, 0.3) is 0 Å². The molecule has 0 unspecified atom stereocenters. The smallest absolute Gasteiger partial charge is 0.323 e. The van der Waals surface area contributed by atoms with Crippen molar-refractivity contribution in [3.05, 3.63) is 144 Å². The van der Waals surface area contributed by atoms with Crippen molar-refractivity contribution < 1.29 is 28.8 Å². The van der Waals surface area contributed by atoms with Gasteiger partial charge in [-0.1, -0.05) is 66.7 Å². The molecule has 1 heterocycles. The van der Waals surface area contributed by atoms with Gasteiger partial charge in [-0.3, -0.25) is 0 Å². The van der Waals surface area contributed by atoms with Gasteiger partial charge in [0.1, 0.15) is 17.2 Å². The number of rotatable bonds is 11. The van der Waals surface area contributed by atoms with Gasteiger partial charge in [0.15, 0.2) is 6.29 Å². The van der Waals surface area contributed by atoms with Crippen LogP contribution in [0, 0.1) is 0 Å². The number of aliphatic hydroxyl groups is 1. The molecule has 3 N–H and O–H groups in total. The number of para-hydroxylation sites is 2. The largest absolute Gasteiger partial charge is 0.496 e. The average Bonchev–Trinajstić information content (AvgIpc) is 3.12. The Hall–Kier alpha value is -4.80. The second kappa shape index (κ2) is 15.7. The molecule has 5 aromatic carbocycles. The first-order chi connectivity index (χ1) is 23.1.